The lowest BCUT2D eigenvalue weighted by atomic mass is 10.3. The van der Waals surface area contributed by atoms with E-state index in [-0.39, 0.29) is 6.04 Å². The average Bonchev–Trinajstić information content (AvgIpc) is 2.86. The molecule has 1 aromatic rings. The first kappa shape index (κ1) is 14.9. The zero-order chi connectivity index (χ0) is 13.4. The first-order chi connectivity index (χ1) is 8.71. The molecule has 0 saturated carbocycles. The Balaban J connectivity index is 2.55. The van der Waals surface area contributed by atoms with Crippen molar-refractivity contribution in [1.29, 1.82) is 0 Å². The summed E-state index contributed by atoms with van der Waals surface area (Å²) in [4.78, 5) is 10.1. The van der Waals surface area contributed by atoms with Gasteiger partial charge in [-0.15, -0.1) is 11.3 Å². The summed E-state index contributed by atoms with van der Waals surface area (Å²) < 4.78 is 0. The molecule has 1 rings (SSSR count). The van der Waals surface area contributed by atoms with Gasteiger partial charge in [-0.2, -0.15) is 0 Å². The van der Waals surface area contributed by atoms with Crippen molar-refractivity contribution in [2.45, 2.75) is 46.1 Å². The predicted molar refractivity (Wildman–Crippen MR) is 77.6 cm³/mol. The molecule has 5 nitrogen and oxygen atoms in total. The number of nitrogens with zero attached hydrogens (tertiary/aromatic N) is 2. The SMILES string of the molecule is CCCCN=C(NN)NC(C)c1ncc(CC)s1. The van der Waals surface area contributed by atoms with Crippen LogP contribution in [0.2, 0.25) is 0 Å². The van der Waals surface area contributed by atoms with Crippen molar-refractivity contribution < 1.29 is 0 Å². The van der Waals surface area contributed by atoms with Gasteiger partial charge in [0, 0.05) is 17.6 Å². The van der Waals surface area contributed by atoms with Crippen molar-refractivity contribution in [2.24, 2.45) is 10.8 Å². The highest BCUT2D eigenvalue weighted by Gasteiger charge is 2.11. The van der Waals surface area contributed by atoms with Gasteiger partial charge in [-0.1, -0.05) is 20.3 Å². The minimum atomic E-state index is 0.117. The Hall–Kier alpha value is -1.14. The standard InChI is InChI=1S/C12H23N5S/c1-4-6-7-14-12(17-13)16-9(3)11-15-8-10(5-2)18-11/h8-9H,4-7,13H2,1-3H3,(H2,14,16,17). The molecule has 0 spiro atoms. The number of aliphatic imine (C=N–C) groups is 1. The maximum atomic E-state index is 5.45. The second-order valence-corrected chi connectivity index (χ2v) is 5.26. The van der Waals surface area contributed by atoms with Crippen molar-refractivity contribution in [3.05, 3.63) is 16.1 Å². The highest BCUT2D eigenvalue weighted by atomic mass is 32.1. The molecule has 0 bridgehead atoms. The maximum Gasteiger partial charge on any atom is 0.206 e. The van der Waals surface area contributed by atoms with Crippen LogP contribution in [0.15, 0.2) is 11.2 Å². The van der Waals surface area contributed by atoms with E-state index in [9.17, 15) is 0 Å². The van der Waals surface area contributed by atoms with Crippen molar-refractivity contribution in [1.82, 2.24) is 15.7 Å². The fraction of sp³-hybridized carbons (Fsp3) is 0.667. The molecule has 18 heavy (non-hydrogen) atoms. The maximum absolute atomic E-state index is 5.45. The van der Waals surface area contributed by atoms with Crippen molar-refractivity contribution in [3.8, 4) is 0 Å². The van der Waals surface area contributed by atoms with E-state index in [1.54, 1.807) is 11.3 Å². The molecule has 0 aliphatic rings. The predicted octanol–water partition coefficient (Wildman–Crippen LogP) is 1.98. The minimum Gasteiger partial charge on any atom is -0.346 e. The monoisotopic (exact) mass is 269 g/mol. The van der Waals surface area contributed by atoms with Crippen LogP contribution in [-0.4, -0.2) is 17.5 Å². The summed E-state index contributed by atoms with van der Waals surface area (Å²) in [7, 11) is 0. The van der Waals surface area contributed by atoms with Gasteiger partial charge >= 0.3 is 0 Å². The molecule has 0 radical (unpaired) electrons. The Morgan fingerprint density at radius 1 is 1.56 bits per heavy atom. The van der Waals surface area contributed by atoms with Crippen LogP contribution in [0, 0.1) is 0 Å². The number of nitrogens with two attached hydrogens (primary N) is 1. The van der Waals surface area contributed by atoms with E-state index < -0.39 is 0 Å². The van der Waals surface area contributed by atoms with Gasteiger partial charge < -0.3 is 5.32 Å². The molecule has 1 atom stereocenters. The molecule has 0 aliphatic heterocycles. The number of guanidine groups is 1. The van der Waals surface area contributed by atoms with Crippen LogP contribution in [-0.2, 0) is 6.42 Å². The molecule has 4 N–H and O–H groups in total. The Morgan fingerprint density at radius 3 is 2.89 bits per heavy atom. The van der Waals surface area contributed by atoms with Crippen LogP contribution in [0.4, 0.5) is 0 Å². The van der Waals surface area contributed by atoms with Gasteiger partial charge in [0.25, 0.3) is 0 Å². The molecular weight excluding hydrogens is 246 g/mol. The number of nitrogens with one attached hydrogen (secondary N) is 2. The number of aryl methyl sites for hydroxylation is 1. The Labute approximate surface area is 113 Å². The number of aromatic nitrogens is 1. The molecule has 1 aromatic heterocycles. The third-order valence-electron chi connectivity index (χ3n) is 2.56. The average molecular weight is 269 g/mol. The normalized spacial score (nSPS) is 13.4. The van der Waals surface area contributed by atoms with Crippen molar-refractivity contribution in [2.75, 3.05) is 6.54 Å². The summed E-state index contributed by atoms with van der Waals surface area (Å²) in [5, 5.41) is 4.30. The summed E-state index contributed by atoms with van der Waals surface area (Å²) in [6.45, 7) is 7.12. The summed E-state index contributed by atoms with van der Waals surface area (Å²) in [5.41, 5.74) is 2.60. The molecule has 0 aromatic carbocycles. The van der Waals surface area contributed by atoms with Crippen molar-refractivity contribution in [3.63, 3.8) is 0 Å². The van der Waals surface area contributed by atoms with Crippen LogP contribution in [0.25, 0.3) is 0 Å². The molecule has 0 fully saturated rings. The van der Waals surface area contributed by atoms with E-state index in [0.29, 0.717) is 5.96 Å². The molecule has 1 unspecified atom stereocenters. The van der Waals surface area contributed by atoms with E-state index in [2.05, 4.69) is 41.5 Å². The topological polar surface area (TPSA) is 75.3 Å². The van der Waals surface area contributed by atoms with E-state index in [0.717, 1.165) is 30.8 Å². The van der Waals surface area contributed by atoms with Gasteiger partial charge in [0.1, 0.15) is 5.01 Å². The summed E-state index contributed by atoms with van der Waals surface area (Å²) in [6, 6.07) is 0.117. The highest BCUT2D eigenvalue weighted by molar-refractivity contribution is 7.11. The lowest BCUT2D eigenvalue weighted by Gasteiger charge is -2.14. The Bertz CT molecular complexity index is 374. The smallest absolute Gasteiger partial charge is 0.206 e. The number of hydrogen-bond acceptors (Lipinski definition) is 4. The van der Waals surface area contributed by atoms with Gasteiger partial charge in [0.15, 0.2) is 0 Å². The molecule has 0 aliphatic carbocycles. The molecule has 1 heterocycles. The zero-order valence-corrected chi connectivity index (χ0v) is 12.2. The van der Waals surface area contributed by atoms with E-state index in [4.69, 9.17) is 5.84 Å². The number of hydrogen-bond donors (Lipinski definition) is 3. The van der Waals surface area contributed by atoms with Gasteiger partial charge in [-0.3, -0.25) is 10.4 Å². The number of rotatable bonds is 6. The van der Waals surface area contributed by atoms with Gasteiger partial charge in [0.05, 0.1) is 6.04 Å². The fourth-order valence-electron chi connectivity index (χ4n) is 1.44. The molecule has 102 valence electrons. The highest BCUT2D eigenvalue weighted by Crippen LogP contribution is 2.19. The quantitative estimate of drug-likeness (QED) is 0.243. The first-order valence-corrected chi connectivity index (χ1v) is 7.25. The summed E-state index contributed by atoms with van der Waals surface area (Å²) >= 11 is 1.72. The molecule has 6 heteroatoms. The molecule has 0 amide bonds. The van der Waals surface area contributed by atoms with E-state index in [1.165, 1.54) is 4.88 Å². The molecular formula is C12H23N5S. The first-order valence-electron chi connectivity index (χ1n) is 6.43. The van der Waals surface area contributed by atoms with Crippen LogP contribution in [0.1, 0.15) is 49.5 Å². The van der Waals surface area contributed by atoms with Crippen molar-refractivity contribution >= 4 is 17.3 Å². The van der Waals surface area contributed by atoms with Gasteiger partial charge in [-0.25, -0.2) is 10.8 Å². The lowest BCUT2D eigenvalue weighted by molar-refractivity contribution is 0.678. The third-order valence-corrected chi connectivity index (χ3v) is 3.89. The van der Waals surface area contributed by atoms with Gasteiger partial charge in [0.2, 0.25) is 5.96 Å². The fourth-order valence-corrected chi connectivity index (χ4v) is 2.29. The Kier molecular flexibility index (Phi) is 6.67. The summed E-state index contributed by atoms with van der Waals surface area (Å²) in [5.74, 6) is 6.08. The zero-order valence-electron chi connectivity index (χ0n) is 11.4. The lowest BCUT2D eigenvalue weighted by Crippen LogP contribution is -2.42. The van der Waals surface area contributed by atoms with E-state index >= 15 is 0 Å². The molecule has 0 saturated heterocycles. The van der Waals surface area contributed by atoms with Gasteiger partial charge in [-0.05, 0) is 19.8 Å². The Morgan fingerprint density at radius 2 is 2.33 bits per heavy atom. The van der Waals surface area contributed by atoms with Crippen LogP contribution in [0.5, 0.6) is 0 Å². The van der Waals surface area contributed by atoms with E-state index in [1.807, 2.05) is 6.20 Å². The third kappa shape index (κ3) is 4.62. The van der Waals surface area contributed by atoms with Crippen LogP contribution >= 0.6 is 11.3 Å². The second kappa shape index (κ2) is 8.05. The largest absolute Gasteiger partial charge is 0.346 e. The number of thiazole rings is 1. The van der Waals surface area contributed by atoms with Crippen LogP contribution < -0.4 is 16.6 Å². The van der Waals surface area contributed by atoms with Crippen LogP contribution in [0.3, 0.4) is 0 Å². The second-order valence-electron chi connectivity index (χ2n) is 4.11. The number of unbranched alkanes of at least 4 members (excludes halogenated alkanes) is 1. The number of hydrazine groups is 1. The summed E-state index contributed by atoms with van der Waals surface area (Å²) in [6.07, 6.45) is 5.15. The minimum absolute atomic E-state index is 0.117.